The van der Waals surface area contributed by atoms with Gasteiger partial charge in [-0.1, -0.05) is 0 Å². The molecule has 2 N–H and O–H groups in total. The molecule has 0 aromatic carbocycles. The quantitative estimate of drug-likeness (QED) is 0.577. The molecule has 2 amide bonds. The number of hydrogen-bond donors (Lipinski definition) is 1. The zero-order valence-corrected chi connectivity index (χ0v) is 7.99. The molecular formula is C8H15N3O2. The fourth-order valence-corrected chi connectivity index (χ4v) is 1.47. The lowest BCUT2D eigenvalue weighted by molar-refractivity contribution is -0.140. The van der Waals surface area contributed by atoms with Gasteiger partial charge in [-0.05, 0) is 6.92 Å². The lowest BCUT2D eigenvalue weighted by Crippen LogP contribution is -2.56. The number of primary amides is 1. The predicted molar refractivity (Wildman–Crippen MR) is 47.9 cm³/mol. The third-order valence-corrected chi connectivity index (χ3v) is 2.36. The minimum Gasteiger partial charge on any atom is -0.369 e. The van der Waals surface area contributed by atoms with Crippen LogP contribution in [-0.4, -0.2) is 54.3 Å². The number of nitrogens with two attached hydrogens (primary N) is 1. The average Bonchev–Trinajstić information content (AvgIpc) is 2.06. The topological polar surface area (TPSA) is 66.6 Å². The molecule has 0 aromatic heterocycles. The first-order chi connectivity index (χ1) is 6.02. The number of hydrogen-bond acceptors (Lipinski definition) is 3. The molecule has 5 heteroatoms. The fraction of sp³-hybridized carbons (Fsp3) is 0.750. The number of piperazine rings is 1. The van der Waals surface area contributed by atoms with Crippen LogP contribution in [-0.2, 0) is 9.59 Å². The minimum atomic E-state index is -0.385. The lowest BCUT2D eigenvalue weighted by atomic mass is 10.2. The number of rotatable bonds is 2. The first-order valence-electron chi connectivity index (χ1n) is 4.29. The summed E-state index contributed by atoms with van der Waals surface area (Å²) >= 11 is 0. The molecular weight excluding hydrogens is 170 g/mol. The van der Waals surface area contributed by atoms with Crippen molar-refractivity contribution in [1.29, 1.82) is 0 Å². The van der Waals surface area contributed by atoms with Gasteiger partial charge in [0.05, 0.1) is 12.6 Å². The van der Waals surface area contributed by atoms with Crippen molar-refractivity contribution < 1.29 is 9.59 Å². The van der Waals surface area contributed by atoms with Crippen LogP contribution in [0.5, 0.6) is 0 Å². The highest BCUT2D eigenvalue weighted by Gasteiger charge is 2.29. The van der Waals surface area contributed by atoms with E-state index in [4.69, 9.17) is 5.73 Å². The molecule has 0 bridgehead atoms. The van der Waals surface area contributed by atoms with Crippen LogP contribution in [0.3, 0.4) is 0 Å². The Kier molecular flexibility index (Phi) is 2.87. The number of nitrogens with zero attached hydrogens (tertiary/aromatic N) is 2. The summed E-state index contributed by atoms with van der Waals surface area (Å²) in [4.78, 5) is 25.6. The molecule has 0 aliphatic carbocycles. The van der Waals surface area contributed by atoms with Crippen LogP contribution in [0.4, 0.5) is 0 Å². The van der Waals surface area contributed by atoms with Gasteiger partial charge in [0, 0.05) is 20.1 Å². The van der Waals surface area contributed by atoms with Crippen LogP contribution in [0, 0.1) is 0 Å². The van der Waals surface area contributed by atoms with Gasteiger partial charge >= 0.3 is 0 Å². The molecule has 0 spiro atoms. The first kappa shape index (κ1) is 9.98. The molecule has 1 fully saturated rings. The Hall–Kier alpha value is -1.10. The number of carbonyl (C=O) groups is 2. The maximum Gasteiger partial charge on any atom is 0.239 e. The van der Waals surface area contributed by atoms with Crippen LogP contribution in [0.15, 0.2) is 0 Å². The van der Waals surface area contributed by atoms with Gasteiger partial charge in [-0.3, -0.25) is 14.5 Å². The largest absolute Gasteiger partial charge is 0.369 e. The second kappa shape index (κ2) is 3.74. The van der Waals surface area contributed by atoms with Crippen molar-refractivity contribution in [1.82, 2.24) is 9.80 Å². The van der Waals surface area contributed by atoms with E-state index in [9.17, 15) is 9.59 Å². The Morgan fingerprint density at radius 2 is 2.23 bits per heavy atom. The number of carbonyl (C=O) groups excluding carboxylic acids is 2. The van der Waals surface area contributed by atoms with Crippen molar-refractivity contribution in [3.63, 3.8) is 0 Å². The predicted octanol–water partition coefficient (Wildman–Crippen LogP) is -1.37. The zero-order chi connectivity index (χ0) is 10.0. The molecule has 74 valence electrons. The van der Waals surface area contributed by atoms with Gasteiger partial charge in [0.25, 0.3) is 0 Å². The van der Waals surface area contributed by atoms with E-state index in [0.717, 1.165) is 0 Å². The highest BCUT2D eigenvalue weighted by Crippen LogP contribution is 2.08. The number of amides is 2. The van der Waals surface area contributed by atoms with Gasteiger partial charge in [0.2, 0.25) is 11.8 Å². The van der Waals surface area contributed by atoms with Gasteiger partial charge in [-0.2, -0.15) is 0 Å². The second-order valence-electron chi connectivity index (χ2n) is 3.37. The van der Waals surface area contributed by atoms with Crippen molar-refractivity contribution in [3.8, 4) is 0 Å². The molecule has 0 radical (unpaired) electrons. The molecule has 13 heavy (non-hydrogen) atoms. The van der Waals surface area contributed by atoms with E-state index >= 15 is 0 Å². The van der Waals surface area contributed by atoms with E-state index in [-0.39, 0.29) is 24.4 Å². The summed E-state index contributed by atoms with van der Waals surface area (Å²) in [7, 11) is 1.76. The summed E-state index contributed by atoms with van der Waals surface area (Å²) in [6.07, 6.45) is 0. The average molecular weight is 185 g/mol. The fourth-order valence-electron chi connectivity index (χ4n) is 1.47. The zero-order valence-electron chi connectivity index (χ0n) is 7.99. The van der Waals surface area contributed by atoms with Crippen molar-refractivity contribution >= 4 is 11.8 Å². The highest BCUT2D eigenvalue weighted by molar-refractivity contribution is 5.83. The smallest absolute Gasteiger partial charge is 0.239 e. The monoisotopic (exact) mass is 185 g/mol. The Bertz CT molecular complexity index is 229. The van der Waals surface area contributed by atoms with E-state index in [1.165, 1.54) is 0 Å². The first-order valence-corrected chi connectivity index (χ1v) is 4.29. The van der Waals surface area contributed by atoms with Crippen LogP contribution < -0.4 is 5.73 Å². The van der Waals surface area contributed by atoms with E-state index in [2.05, 4.69) is 0 Å². The van der Waals surface area contributed by atoms with Crippen molar-refractivity contribution in [2.24, 2.45) is 5.73 Å². The molecule has 1 unspecified atom stereocenters. The van der Waals surface area contributed by atoms with Gasteiger partial charge in [-0.25, -0.2) is 0 Å². The van der Waals surface area contributed by atoms with Gasteiger partial charge in [-0.15, -0.1) is 0 Å². The van der Waals surface area contributed by atoms with Gasteiger partial charge in [0.1, 0.15) is 0 Å². The summed E-state index contributed by atoms with van der Waals surface area (Å²) in [5.74, 6) is -0.336. The van der Waals surface area contributed by atoms with Gasteiger partial charge < -0.3 is 10.6 Å². The van der Waals surface area contributed by atoms with E-state index in [1.54, 1.807) is 23.8 Å². The molecule has 0 aromatic rings. The standard InChI is InChI=1S/C8H15N3O2/c1-6-8(13)10(2)3-4-11(6)5-7(9)12/h6H,3-5H2,1-2H3,(H2,9,12). The molecule has 1 heterocycles. The summed E-state index contributed by atoms with van der Waals surface area (Å²) < 4.78 is 0. The molecule has 5 nitrogen and oxygen atoms in total. The summed E-state index contributed by atoms with van der Waals surface area (Å²) in [5, 5.41) is 0. The van der Waals surface area contributed by atoms with E-state index in [1.807, 2.05) is 0 Å². The molecule has 1 aliphatic heterocycles. The SMILES string of the molecule is CC1C(=O)N(C)CCN1CC(N)=O. The Morgan fingerprint density at radius 3 is 2.77 bits per heavy atom. The normalized spacial score (nSPS) is 24.9. The van der Waals surface area contributed by atoms with E-state index < -0.39 is 0 Å². The highest BCUT2D eigenvalue weighted by atomic mass is 16.2. The van der Waals surface area contributed by atoms with Crippen LogP contribution in [0.2, 0.25) is 0 Å². The van der Waals surface area contributed by atoms with Gasteiger partial charge in [0.15, 0.2) is 0 Å². The Morgan fingerprint density at radius 1 is 1.62 bits per heavy atom. The lowest BCUT2D eigenvalue weighted by Gasteiger charge is -2.36. The molecule has 1 rings (SSSR count). The van der Waals surface area contributed by atoms with Crippen LogP contribution in [0.1, 0.15) is 6.92 Å². The molecule has 1 saturated heterocycles. The third-order valence-electron chi connectivity index (χ3n) is 2.36. The maximum atomic E-state index is 11.4. The van der Waals surface area contributed by atoms with Crippen LogP contribution >= 0.6 is 0 Å². The number of likely N-dealkylation sites (N-methyl/N-ethyl adjacent to an activating group) is 1. The maximum absolute atomic E-state index is 11.4. The summed E-state index contributed by atoms with van der Waals surface area (Å²) in [6, 6.07) is -0.230. The molecule has 1 atom stereocenters. The molecule has 1 aliphatic rings. The van der Waals surface area contributed by atoms with Crippen molar-refractivity contribution in [2.45, 2.75) is 13.0 Å². The Balaban J connectivity index is 2.58. The van der Waals surface area contributed by atoms with Crippen molar-refractivity contribution in [2.75, 3.05) is 26.7 Å². The van der Waals surface area contributed by atoms with E-state index in [0.29, 0.717) is 13.1 Å². The molecule has 0 saturated carbocycles. The summed E-state index contributed by atoms with van der Waals surface area (Å²) in [6.45, 7) is 3.34. The Labute approximate surface area is 77.5 Å². The minimum absolute atomic E-state index is 0.0486. The van der Waals surface area contributed by atoms with Crippen LogP contribution in [0.25, 0.3) is 0 Å². The second-order valence-corrected chi connectivity index (χ2v) is 3.37. The summed E-state index contributed by atoms with van der Waals surface area (Å²) in [5.41, 5.74) is 5.06. The third kappa shape index (κ3) is 2.18. The van der Waals surface area contributed by atoms with Crippen molar-refractivity contribution in [3.05, 3.63) is 0 Å².